The number of carbonyl (C=O) groups excluding carboxylic acids is 2. The van der Waals surface area contributed by atoms with Gasteiger partial charge in [-0.2, -0.15) is 0 Å². The molecule has 0 saturated heterocycles. The highest BCUT2D eigenvalue weighted by Gasteiger charge is 2.40. The van der Waals surface area contributed by atoms with Crippen molar-refractivity contribution in [1.29, 1.82) is 0 Å². The van der Waals surface area contributed by atoms with E-state index in [2.05, 4.69) is 5.32 Å². The summed E-state index contributed by atoms with van der Waals surface area (Å²) in [7, 11) is 0. The van der Waals surface area contributed by atoms with Gasteiger partial charge < -0.3 is 15.0 Å². The number of nitrogens with one attached hydrogen (secondary N) is 1. The summed E-state index contributed by atoms with van der Waals surface area (Å²) in [5.41, 5.74) is 1.87. The van der Waals surface area contributed by atoms with Crippen LogP contribution in [0, 0.1) is 6.92 Å². The van der Waals surface area contributed by atoms with Crippen molar-refractivity contribution in [3.63, 3.8) is 0 Å². The molecule has 5 nitrogen and oxygen atoms in total. The minimum atomic E-state index is -0.948. The average Bonchev–Trinajstić information content (AvgIpc) is 2.63. The molecule has 0 spiro atoms. The lowest BCUT2D eigenvalue weighted by Crippen LogP contribution is -2.53. The van der Waals surface area contributed by atoms with Crippen molar-refractivity contribution >= 4 is 17.5 Å². The monoisotopic (exact) mass is 366 g/mol. The van der Waals surface area contributed by atoms with Crippen LogP contribution in [0.3, 0.4) is 0 Å². The highest BCUT2D eigenvalue weighted by atomic mass is 16.5. The van der Waals surface area contributed by atoms with E-state index in [1.54, 1.807) is 18.7 Å². The number of hydrogen-bond donors (Lipinski definition) is 1. The lowest BCUT2D eigenvalue weighted by Gasteiger charge is -2.39. The number of fused-ring (bicyclic) bond motifs is 1. The quantitative estimate of drug-likeness (QED) is 0.876. The smallest absolute Gasteiger partial charge is 0.270 e. The number of carbonyl (C=O) groups is 2. The molecular weight excluding hydrogens is 340 g/mol. The predicted molar refractivity (Wildman–Crippen MR) is 106 cm³/mol. The molecule has 0 radical (unpaired) electrons. The summed E-state index contributed by atoms with van der Waals surface area (Å²) in [6.07, 6.45) is 0.229. The van der Waals surface area contributed by atoms with Crippen molar-refractivity contribution in [2.24, 2.45) is 0 Å². The summed E-state index contributed by atoms with van der Waals surface area (Å²) >= 11 is 0. The number of benzene rings is 2. The summed E-state index contributed by atoms with van der Waals surface area (Å²) in [6.45, 7) is 7.74. The molecule has 0 fully saturated rings. The van der Waals surface area contributed by atoms with E-state index in [0.29, 0.717) is 12.3 Å². The lowest BCUT2D eigenvalue weighted by atomic mass is 10.0. The molecule has 3 rings (SSSR count). The van der Waals surface area contributed by atoms with E-state index in [9.17, 15) is 9.59 Å². The molecule has 1 unspecified atom stereocenters. The molecule has 0 bridgehead atoms. The summed E-state index contributed by atoms with van der Waals surface area (Å²) < 4.78 is 5.85. The fourth-order valence-electron chi connectivity index (χ4n) is 3.25. The van der Waals surface area contributed by atoms with Crippen LogP contribution in [0.15, 0.2) is 48.5 Å². The molecule has 0 saturated carbocycles. The minimum absolute atomic E-state index is 0.0786. The predicted octanol–water partition coefficient (Wildman–Crippen LogP) is 3.77. The zero-order chi connectivity index (χ0) is 19.6. The maximum absolute atomic E-state index is 12.8. The lowest BCUT2D eigenvalue weighted by molar-refractivity contribution is -0.132. The molecule has 142 valence electrons. The van der Waals surface area contributed by atoms with Gasteiger partial charge in [0.05, 0.1) is 11.7 Å². The zero-order valence-corrected chi connectivity index (χ0v) is 16.3. The van der Waals surface area contributed by atoms with Crippen molar-refractivity contribution in [2.75, 3.05) is 11.4 Å². The van der Waals surface area contributed by atoms with Gasteiger partial charge in [0.1, 0.15) is 5.75 Å². The Morgan fingerprint density at radius 2 is 1.89 bits per heavy atom. The van der Waals surface area contributed by atoms with E-state index in [4.69, 9.17) is 4.74 Å². The van der Waals surface area contributed by atoms with E-state index in [1.165, 1.54) is 0 Å². The first-order valence-electron chi connectivity index (χ1n) is 9.24. The third-order valence-electron chi connectivity index (χ3n) is 4.77. The van der Waals surface area contributed by atoms with Crippen molar-refractivity contribution in [1.82, 2.24) is 5.32 Å². The summed E-state index contributed by atoms with van der Waals surface area (Å²) in [5.74, 6) is 0.449. The van der Waals surface area contributed by atoms with Gasteiger partial charge in [0.25, 0.3) is 5.91 Å². The Balaban J connectivity index is 1.70. The number of ether oxygens (including phenoxy) is 1. The Bertz CT molecular complexity index is 846. The number of amides is 2. The van der Waals surface area contributed by atoms with Gasteiger partial charge in [-0.15, -0.1) is 0 Å². The topological polar surface area (TPSA) is 58.6 Å². The molecule has 0 aromatic heterocycles. The Kier molecular flexibility index (Phi) is 5.22. The zero-order valence-electron chi connectivity index (χ0n) is 16.3. The first kappa shape index (κ1) is 19.0. The van der Waals surface area contributed by atoms with Crippen LogP contribution in [0.1, 0.15) is 44.4 Å². The van der Waals surface area contributed by atoms with Crippen LogP contribution in [-0.4, -0.2) is 24.0 Å². The van der Waals surface area contributed by atoms with Crippen LogP contribution in [0.25, 0.3) is 0 Å². The SMILES string of the molecule is Cc1ccc2c(c1)N(CCC(=O)NC(C)c1ccccc1)C(=O)C(C)(C)O2. The van der Waals surface area contributed by atoms with Crippen molar-refractivity contribution in [2.45, 2.75) is 45.8 Å². The molecule has 1 N–H and O–H groups in total. The Labute approximate surface area is 160 Å². The van der Waals surface area contributed by atoms with E-state index in [-0.39, 0.29) is 24.3 Å². The van der Waals surface area contributed by atoms with Crippen LogP contribution >= 0.6 is 0 Å². The largest absolute Gasteiger partial charge is 0.476 e. The van der Waals surface area contributed by atoms with E-state index >= 15 is 0 Å². The molecule has 1 heterocycles. The standard InChI is InChI=1S/C22H26N2O3/c1-15-10-11-19-18(14-15)24(21(26)22(3,4)27-19)13-12-20(25)23-16(2)17-8-6-5-7-9-17/h5-11,14,16H,12-13H2,1-4H3,(H,23,25). The van der Waals surface area contributed by atoms with E-state index < -0.39 is 5.60 Å². The third kappa shape index (κ3) is 4.13. The van der Waals surface area contributed by atoms with Gasteiger partial charge in [0.2, 0.25) is 5.91 Å². The molecule has 5 heteroatoms. The summed E-state index contributed by atoms with van der Waals surface area (Å²) in [6, 6.07) is 15.5. The minimum Gasteiger partial charge on any atom is -0.476 e. The molecule has 2 aromatic rings. The fourth-order valence-corrected chi connectivity index (χ4v) is 3.25. The van der Waals surface area contributed by atoms with E-state index in [1.807, 2.05) is 62.4 Å². The number of anilines is 1. The fraction of sp³-hybridized carbons (Fsp3) is 0.364. The molecule has 27 heavy (non-hydrogen) atoms. The highest BCUT2D eigenvalue weighted by Crippen LogP contribution is 2.38. The van der Waals surface area contributed by atoms with Crippen LogP contribution < -0.4 is 15.0 Å². The second-order valence-electron chi connectivity index (χ2n) is 7.49. The molecule has 2 amide bonds. The third-order valence-corrected chi connectivity index (χ3v) is 4.77. The highest BCUT2D eigenvalue weighted by molar-refractivity contribution is 6.02. The summed E-state index contributed by atoms with van der Waals surface area (Å²) in [5, 5.41) is 3.00. The van der Waals surface area contributed by atoms with Gasteiger partial charge >= 0.3 is 0 Å². The number of nitrogens with zero attached hydrogens (tertiary/aromatic N) is 1. The van der Waals surface area contributed by atoms with Crippen LogP contribution in [0.4, 0.5) is 5.69 Å². The van der Waals surface area contributed by atoms with Crippen LogP contribution in [0.2, 0.25) is 0 Å². The summed E-state index contributed by atoms with van der Waals surface area (Å²) in [4.78, 5) is 26.9. The first-order chi connectivity index (χ1) is 12.8. The van der Waals surface area contributed by atoms with Gasteiger partial charge in [-0.1, -0.05) is 36.4 Å². The second kappa shape index (κ2) is 7.43. The molecule has 1 aliphatic rings. The van der Waals surface area contributed by atoms with Crippen molar-refractivity contribution in [3.05, 3.63) is 59.7 Å². The van der Waals surface area contributed by atoms with Crippen LogP contribution in [0.5, 0.6) is 5.75 Å². The van der Waals surface area contributed by atoms with Gasteiger partial charge in [-0.05, 0) is 51.0 Å². The Morgan fingerprint density at radius 3 is 2.59 bits per heavy atom. The average molecular weight is 366 g/mol. The van der Waals surface area contributed by atoms with Crippen molar-refractivity contribution < 1.29 is 14.3 Å². The maximum atomic E-state index is 12.8. The maximum Gasteiger partial charge on any atom is 0.270 e. The first-order valence-corrected chi connectivity index (χ1v) is 9.24. The number of rotatable bonds is 5. The van der Waals surface area contributed by atoms with Gasteiger partial charge in [-0.25, -0.2) is 0 Å². The number of hydrogen-bond acceptors (Lipinski definition) is 3. The molecule has 1 aliphatic heterocycles. The van der Waals surface area contributed by atoms with E-state index in [0.717, 1.165) is 16.8 Å². The van der Waals surface area contributed by atoms with Gasteiger partial charge in [0, 0.05) is 13.0 Å². The Hall–Kier alpha value is -2.82. The molecule has 1 atom stereocenters. The molecule has 2 aromatic carbocycles. The van der Waals surface area contributed by atoms with Gasteiger partial charge in [0.15, 0.2) is 5.60 Å². The van der Waals surface area contributed by atoms with Crippen LogP contribution in [-0.2, 0) is 9.59 Å². The number of aryl methyl sites for hydroxylation is 1. The second-order valence-corrected chi connectivity index (χ2v) is 7.49. The van der Waals surface area contributed by atoms with Crippen molar-refractivity contribution in [3.8, 4) is 5.75 Å². The van der Waals surface area contributed by atoms with Gasteiger partial charge in [-0.3, -0.25) is 9.59 Å². The molecule has 0 aliphatic carbocycles. The molecular formula is C22H26N2O3. The normalized spacial score (nSPS) is 16.3. The Morgan fingerprint density at radius 1 is 1.19 bits per heavy atom.